The second-order valence-electron chi connectivity index (χ2n) is 4.84. The molecule has 0 spiro atoms. The van der Waals surface area contributed by atoms with Crippen LogP contribution in [0.4, 0.5) is 0 Å². The topological polar surface area (TPSA) is 64.3 Å². The third-order valence-corrected chi connectivity index (χ3v) is 3.51. The van der Waals surface area contributed by atoms with Crippen molar-refractivity contribution in [2.75, 3.05) is 6.61 Å². The molecule has 19 heavy (non-hydrogen) atoms. The molecule has 2 aromatic rings. The maximum Gasteiger partial charge on any atom is 0.357 e. The van der Waals surface area contributed by atoms with Gasteiger partial charge in [-0.2, -0.15) is 5.10 Å². The fraction of sp³-hybridized carbons (Fsp3) is 0.429. The summed E-state index contributed by atoms with van der Waals surface area (Å²) in [6.07, 6.45) is 3.42. The molecule has 5 nitrogen and oxygen atoms in total. The lowest BCUT2D eigenvalue weighted by Crippen LogP contribution is -2.25. The van der Waals surface area contributed by atoms with Gasteiger partial charge in [-0.15, -0.1) is 0 Å². The van der Waals surface area contributed by atoms with Gasteiger partial charge in [-0.05, 0) is 25.3 Å². The van der Waals surface area contributed by atoms with Gasteiger partial charge in [-0.25, -0.2) is 4.79 Å². The van der Waals surface area contributed by atoms with Crippen molar-refractivity contribution in [3.63, 3.8) is 0 Å². The molecule has 2 heterocycles. The zero-order chi connectivity index (χ0) is 13.2. The summed E-state index contributed by atoms with van der Waals surface area (Å²) in [6, 6.07) is 7.42. The van der Waals surface area contributed by atoms with E-state index in [4.69, 9.17) is 4.74 Å². The van der Waals surface area contributed by atoms with Crippen LogP contribution in [0.2, 0.25) is 0 Å². The quantitative estimate of drug-likeness (QED) is 0.919. The number of ether oxygens (including phenoxy) is 1. The molecule has 1 atom stereocenters. The van der Waals surface area contributed by atoms with E-state index in [-0.39, 0.29) is 11.8 Å². The Morgan fingerprint density at radius 3 is 3.00 bits per heavy atom. The van der Waals surface area contributed by atoms with Gasteiger partial charge in [0.2, 0.25) is 0 Å². The third kappa shape index (κ3) is 2.33. The van der Waals surface area contributed by atoms with Gasteiger partial charge in [-0.3, -0.25) is 4.68 Å². The number of para-hydroxylation sites is 1. The minimum atomic E-state index is -0.987. The molecule has 1 aromatic heterocycles. The first-order valence-electron chi connectivity index (χ1n) is 6.56. The van der Waals surface area contributed by atoms with Crippen molar-refractivity contribution in [3.05, 3.63) is 30.0 Å². The molecule has 0 radical (unpaired) electrons. The number of aromatic carboxylic acids is 1. The maximum atomic E-state index is 11.2. The number of aromatic nitrogens is 2. The van der Waals surface area contributed by atoms with Crippen LogP contribution >= 0.6 is 0 Å². The number of carbonyl (C=O) groups is 1. The monoisotopic (exact) mass is 260 g/mol. The van der Waals surface area contributed by atoms with E-state index in [0.29, 0.717) is 11.9 Å². The molecule has 100 valence electrons. The van der Waals surface area contributed by atoms with E-state index in [1.807, 2.05) is 18.2 Å². The van der Waals surface area contributed by atoms with Gasteiger partial charge in [-0.1, -0.05) is 18.2 Å². The molecule has 1 unspecified atom stereocenters. The molecule has 0 bridgehead atoms. The summed E-state index contributed by atoms with van der Waals surface area (Å²) < 4.78 is 7.45. The maximum absolute atomic E-state index is 11.2. The molecule has 1 N–H and O–H groups in total. The van der Waals surface area contributed by atoms with Crippen molar-refractivity contribution in [2.24, 2.45) is 0 Å². The van der Waals surface area contributed by atoms with Gasteiger partial charge >= 0.3 is 5.97 Å². The molecule has 1 fully saturated rings. The predicted molar refractivity (Wildman–Crippen MR) is 70.3 cm³/mol. The SMILES string of the molecule is O=C(O)c1nn(CC2CCCCO2)c2ccccc12. The van der Waals surface area contributed by atoms with Crippen LogP contribution < -0.4 is 0 Å². The fourth-order valence-corrected chi connectivity index (χ4v) is 2.57. The molecule has 0 aliphatic carbocycles. The average molecular weight is 260 g/mol. The van der Waals surface area contributed by atoms with Crippen molar-refractivity contribution >= 4 is 16.9 Å². The Kier molecular flexibility index (Phi) is 3.21. The molecule has 1 saturated heterocycles. The molecule has 1 aliphatic rings. The first kappa shape index (κ1) is 12.2. The van der Waals surface area contributed by atoms with Crippen LogP contribution in [0.3, 0.4) is 0 Å². The minimum absolute atomic E-state index is 0.117. The molecule has 1 aromatic carbocycles. The summed E-state index contributed by atoms with van der Waals surface area (Å²) in [5.41, 5.74) is 0.973. The number of nitrogens with zero attached hydrogens (tertiary/aromatic N) is 2. The lowest BCUT2D eigenvalue weighted by molar-refractivity contribution is 0.00461. The molecule has 5 heteroatoms. The molecule has 1 aliphatic heterocycles. The van der Waals surface area contributed by atoms with Gasteiger partial charge in [0.25, 0.3) is 0 Å². The van der Waals surface area contributed by atoms with E-state index < -0.39 is 5.97 Å². The second kappa shape index (κ2) is 5.01. The van der Waals surface area contributed by atoms with Crippen LogP contribution in [0.15, 0.2) is 24.3 Å². The number of carboxylic acid groups (broad SMARTS) is 1. The molecule has 3 rings (SSSR count). The Morgan fingerprint density at radius 2 is 2.26 bits per heavy atom. The van der Waals surface area contributed by atoms with Crippen molar-refractivity contribution in [3.8, 4) is 0 Å². The number of hydrogen-bond acceptors (Lipinski definition) is 3. The zero-order valence-electron chi connectivity index (χ0n) is 10.6. The van der Waals surface area contributed by atoms with Crippen molar-refractivity contribution in [2.45, 2.75) is 31.9 Å². The van der Waals surface area contributed by atoms with Crippen molar-refractivity contribution in [1.29, 1.82) is 0 Å². The Bertz CT molecular complexity index is 600. The normalized spacial score (nSPS) is 19.7. The highest BCUT2D eigenvalue weighted by atomic mass is 16.5. The van der Waals surface area contributed by atoms with Crippen LogP contribution in [0.25, 0.3) is 10.9 Å². The lowest BCUT2D eigenvalue weighted by atomic mass is 10.1. The van der Waals surface area contributed by atoms with Crippen LogP contribution in [0.5, 0.6) is 0 Å². The van der Waals surface area contributed by atoms with Gasteiger partial charge in [0.1, 0.15) is 0 Å². The van der Waals surface area contributed by atoms with E-state index in [2.05, 4.69) is 5.10 Å². The Labute approximate surface area is 110 Å². The minimum Gasteiger partial charge on any atom is -0.476 e. The highest BCUT2D eigenvalue weighted by Gasteiger charge is 2.20. The van der Waals surface area contributed by atoms with Gasteiger partial charge < -0.3 is 9.84 Å². The highest BCUT2D eigenvalue weighted by molar-refractivity contribution is 6.01. The summed E-state index contributed by atoms with van der Waals surface area (Å²) in [4.78, 5) is 11.2. The molecule has 0 saturated carbocycles. The molecular formula is C14H16N2O3. The highest BCUT2D eigenvalue weighted by Crippen LogP contribution is 2.21. The second-order valence-corrected chi connectivity index (χ2v) is 4.84. The lowest BCUT2D eigenvalue weighted by Gasteiger charge is -2.22. The van der Waals surface area contributed by atoms with Crippen molar-refractivity contribution < 1.29 is 14.6 Å². The Balaban J connectivity index is 1.96. The summed E-state index contributed by atoms with van der Waals surface area (Å²) in [7, 11) is 0. The number of hydrogen-bond donors (Lipinski definition) is 1. The third-order valence-electron chi connectivity index (χ3n) is 3.51. The van der Waals surface area contributed by atoms with Crippen LogP contribution in [-0.2, 0) is 11.3 Å². The first-order chi connectivity index (χ1) is 9.25. The average Bonchev–Trinajstić information content (AvgIpc) is 2.79. The summed E-state index contributed by atoms with van der Waals surface area (Å²) in [6.45, 7) is 1.41. The van der Waals surface area contributed by atoms with Crippen LogP contribution in [0.1, 0.15) is 29.8 Å². The van der Waals surface area contributed by atoms with E-state index in [1.54, 1.807) is 10.7 Å². The number of carboxylic acids is 1. The predicted octanol–water partition coefficient (Wildman–Crippen LogP) is 2.30. The Hall–Kier alpha value is -1.88. The number of rotatable bonds is 3. The standard InChI is InChI=1S/C14H16N2O3/c17-14(18)13-11-6-1-2-7-12(11)16(15-13)9-10-5-3-4-8-19-10/h1-2,6-7,10H,3-5,8-9H2,(H,17,18). The van der Waals surface area contributed by atoms with Crippen LogP contribution in [-0.4, -0.2) is 33.6 Å². The fourth-order valence-electron chi connectivity index (χ4n) is 2.57. The molecule has 0 amide bonds. The van der Waals surface area contributed by atoms with Gasteiger partial charge in [0, 0.05) is 12.0 Å². The Morgan fingerprint density at radius 1 is 1.42 bits per heavy atom. The van der Waals surface area contributed by atoms with Gasteiger partial charge in [0.15, 0.2) is 5.69 Å². The first-order valence-corrected chi connectivity index (χ1v) is 6.56. The number of fused-ring (bicyclic) bond motifs is 1. The van der Waals surface area contributed by atoms with E-state index in [0.717, 1.165) is 31.4 Å². The van der Waals surface area contributed by atoms with Gasteiger partial charge in [0.05, 0.1) is 18.2 Å². The molecular weight excluding hydrogens is 244 g/mol. The van der Waals surface area contributed by atoms with E-state index >= 15 is 0 Å². The zero-order valence-corrected chi connectivity index (χ0v) is 10.6. The van der Waals surface area contributed by atoms with E-state index in [9.17, 15) is 9.90 Å². The summed E-state index contributed by atoms with van der Waals surface area (Å²) in [5, 5.41) is 14.1. The van der Waals surface area contributed by atoms with Crippen molar-refractivity contribution in [1.82, 2.24) is 9.78 Å². The largest absolute Gasteiger partial charge is 0.476 e. The smallest absolute Gasteiger partial charge is 0.357 e. The number of benzene rings is 1. The summed E-state index contributed by atoms with van der Waals surface area (Å²) >= 11 is 0. The summed E-state index contributed by atoms with van der Waals surface area (Å²) in [5.74, 6) is -0.987. The van der Waals surface area contributed by atoms with E-state index in [1.165, 1.54) is 0 Å². The van der Waals surface area contributed by atoms with Crippen LogP contribution in [0, 0.1) is 0 Å².